The minimum absolute atomic E-state index is 0.0137. The molecule has 0 bridgehead atoms. The first-order valence-electron chi connectivity index (χ1n) is 28.1. The van der Waals surface area contributed by atoms with Gasteiger partial charge in [0.05, 0.1) is 25.4 Å². The van der Waals surface area contributed by atoms with Gasteiger partial charge in [-0.2, -0.15) is 0 Å². The fourth-order valence-corrected chi connectivity index (χ4v) is 8.69. The average Bonchev–Trinajstić information content (AvgIpc) is 3.28. The fraction of sp³-hybridized carbons (Fsp3) is 0.895. The summed E-state index contributed by atoms with van der Waals surface area (Å²) in [6.07, 6.45) is 63.2. The summed E-state index contributed by atoms with van der Waals surface area (Å²) in [5, 5.41) is 23.2. The van der Waals surface area contributed by atoms with Gasteiger partial charge in [0.15, 0.2) is 0 Å². The Morgan fingerprint density at radius 2 is 0.810 bits per heavy atom. The Labute approximate surface area is 392 Å². The van der Waals surface area contributed by atoms with E-state index in [1.807, 2.05) is 6.08 Å². The summed E-state index contributed by atoms with van der Waals surface area (Å²) >= 11 is 0. The van der Waals surface area contributed by atoms with Crippen LogP contribution in [0.4, 0.5) is 0 Å². The summed E-state index contributed by atoms with van der Waals surface area (Å²) in [4.78, 5) is 24.5. The number of carbonyl (C=O) groups is 2. The topological polar surface area (TPSA) is 95.9 Å². The van der Waals surface area contributed by atoms with Gasteiger partial charge in [0, 0.05) is 12.8 Å². The number of aliphatic hydroxyl groups is 2. The Morgan fingerprint density at radius 3 is 1.24 bits per heavy atom. The van der Waals surface area contributed by atoms with E-state index in [-0.39, 0.29) is 18.5 Å². The third kappa shape index (κ3) is 49.6. The van der Waals surface area contributed by atoms with Gasteiger partial charge < -0.3 is 20.3 Å². The molecule has 0 saturated heterocycles. The van der Waals surface area contributed by atoms with E-state index < -0.39 is 12.1 Å². The molecular formula is C57H109NO5. The molecule has 0 radical (unpaired) electrons. The number of hydrogen-bond acceptors (Lipinski definition) is 5. The van der Waals surface area contributed by atoms with Crippen LogP contribution < -0.4 is 5.32 Å². The molecule has 2 unspecified atom stereocenters. The highest BCUT2D eigenvalue weighted by Gasteiger charge is 2.19. The molecular weight excluding hydrogens is 779 g/mol. The zero-order chi connectivity index (χ0) is 45.8. The number of hydrogen-bond donors (Lipinski definition) is 3. The van der Waals surface area contributed by atoms with Crippen LogP contribution in [0.15, 0.2) is 24.3 Å². The number of carbonyl (C=O) groups excluding carboxylic acids is 2. The lowest BCUT2D eigenvalue weighted by atomic mass is 10.0. The Hall–Kier alpha value is -1.66. The Balaban J connectivity index is 3.53. The molecule has 0 fully saturated rings. The minimum Gasteiger partial charge on any atom is -0.466 e. The first kappa shape index (κ1) is 61.3. The molecule has 6 nitrogen and oxygen atoms in total. The van der Waals surface area contributed by atoms with Gasteiger partial charge in [-0.15, -0.1) is 0 Å². The molecule has 372 valence electrons. The van der Waals surface area contributed by atoms with E-state index in [0.717, 1.165) is 51.4 Å². The highest BCUT2D eigenvalue weighted by atomic mass is 16.5. The van der Waals surface area contributed by atoms with E-state index in [9.17, 15) is 19.8 Å². The first-order chi connectivity index (χ1) is 31.0. The second kappa shape index (κ2) is 53.0. The van der Waals surface area contributed by atoms with Gasteiger partial charge >= 0.3 is 5.97 Å². The molecule has 0 aromatic rings. The van der Waals surface area contributed by atoms with Gasteiger partial charge in [0.25, 0.3) is 0 Å². The molecule has 3 N–H and O–H groups in total. The van der Waals surface area contributed by atoms with Crippen LogP contribution in [-0.2, 0) is 14.3 Å². The number of nitrogens with one attached hydrogen (secondary N) is 1. The fourth-order valence-electron chi connectivity index (χ4n) is 8.69. The lowest BCUT2D eigenvalue weighted by Crippen LogP contribution is -2.45. The summed E-state index contributed by atoms with van der Waals surface area (Å²) < 4.78 is 5.46. The maximum absolute atomic E-state index is 12.4. The molecule has 0 spiro atoms. The molecule has 0 aliphatic rings. The molecule has 0 aliphatic heterocycles. The van der Waals surface area contributed by atoms with Gasteiger partial charge in [0.2, 0.25) is 5.91 Å². The summed E-state index contributed by atoms with van der Waals surface area (Å²) in [6.45, 7) is 4.91. The Bertz CT molecular complexity index is 982. The van der Waals surface area contributed by atoms with E-state index in [0.29, 0.717) is 32.3 Å². The third-order valence-corrected chi connectivity index (χ3v) is 13.0. The van der Waals surface area contributed by atoms with Crippen molar-refractivity contribution in [1.29, 1.82) is 0 Å². The lowest BCUT2D eigenvalue weighted by Gasteiger charge is -2.22. The van der Waals surface area contributed by atoms with Crippen molar-refractivity contribution in [2.45, 2.75) is 315 Å². The van der Waals surface area contributed by atoms with E-state index in [2.05, 4.69) is 37.4 Å². The molecule has 2 atom stereocenters. The molecule has 0 saturated carbocycles. The molecule has 0 aromatic carbocycles. The molecule has 0 aromatic heterocycles. The summed E-state index contributed by atoms with van der Waals surface area (Å²) in [5.41, 5.74) is 0. The van der Waals surface area contributed by atoms with Crippen molar-refractivity contribution >= 4 is 11.9 Å². The van der Waals surface area contributed by atoms with E-state index in [4.69, 9.17) is 4.74 Å². The van der Waals surface area contributed by atoms with Crippen molar-refractivity contribution in [2.24, 2.45) is 0 Å². The van der Waals surface area contributed by atoms with Gasteiger partial charge in [0.1, 0.15) is 0 Å². The third-order valence-electron chi connectivity index (χ3n) is 13.0. The van der Waals surface area contributed by atoms with Crippen LogP contribution >= 0.6 is 0 Å². The minimum atomic E-state index is -0.699. The van der Waals surface area contributed by atoms with Gasteiger partial charge in [-0.05, 0) is 44.9 Å². The van der Waals surface area contributed by atoms with Crippen molar-refractivity contribution < 1.29 is 24.5 Å². The SMILES string of the molecule is CCCCCCCCCCCCCCCCCCCCC(O)C(CO)NC(=O)CC/C=C\C/C=C\CCCCCCCCOC(=O)CCCCCCCCCCCCCCCCC. The predicted octanol–water partition coefficient (Wildman–Crippen LogP) is 17.1. The maximum atomic E-state index is 12.4. The van der Waals surface area contributed by atoms with Crippen LogP contribution in [0.3, 0.4) is 0 Å². The first-order valence-corrected chi connectivity index (χ1v) is 28.1. The predicted molar refractivity (Wildman–Crippen MR) is 273 cm³/mol. The number of ether oxygens (including phenoxy) is 1. The number of rotatable bonds is 52. The van der Waals surface area contributed by atoms with Crippen LogP contribution in [0.25, 0.3) is 0 Å². The van der Waals surface area contributed by atoms with Gasteiger partial charge in [-0.1, -0.05) is 269 Å². The molecule has 0 aliphatic carbocycles. The van der Waals surface area contributed by atoms with Crippen molar-refractivity contribution in [1.82, 2.24) is 5.32 Å². The number of aliphatic hydroxyl groups excluding tert-OH is 2. The molecule has 0 rings (SSSR count). The molecule has 1 amide bonds. The van der Waals surface area contributed by atoms with Crippen LogP contribution in [0.1, 0.15) is 303 Å². The second-order valence-electron chi connectivity index (χ2n) is 19.3. The van der Waals surface area contributed by atoms with Crippen LogP contribution in [0.5, 0.6) is 0 Å². The highest BCUT2D eigenvalue weighted by molar-refractivity contribution is 5.76. The van der Waals surface area contributed by atoms with E-state index in [1.54, 1.807) is 0 Å². The maximum Gasteiger partial charge on any atom is 0.305 e. The van der Waals surface area contributed by atoms with Crippen molar-refractivity contribution in [3.63, 3.8) is 0 Å². The van der Waals surface area contributed by atoms with Gasteiger partial charge in [-0.3, -0.25) is 9.59 Å². The van der Waals surface area contributed by atoms with Crippen molar-refractivity contribution in [2.75, 3.05) is 13.2 Å². The normalized spacial score (nSPS) is 12.8. The second-order valence-corrected chi connectivity index (χ2v) is 19.3. The van der Waals surface area contributed by atoms with E-state index in [1.165, 1.54) is 212 Å². The summed E-state index contributed by atoms with van der Waals surface area (Å²) in [6, 6.07) is -0.585. The Morgan fingerprint density at radius 1 is 0.444 bits per heavy atom. The number of allylic oxidation sites excluding steroid dienone is 4. The number of esters is 1. The average molecular weight is 889 g/mol. The zero-order valence-corrected chi connectivity index (χ0v) is 42.3. The van der Waals surface area contributed by atoms with Crippen LogP contribution in [-0.4, -0.2) is 47.4 Å². The number of unbranched alkanes of at least 4 members (excludes halogenated alkanes) is 37. The lowest BCUT2D eigenvalue weighted by molar-refractivity contribution is -0.143. The standard InChI is InChI=1S/C57H109NO5/c1-3-5-7-9-11-13-15-17-19-20-21-23-25-29-33-37-41-45-49-55(60)54(53-59)58-56(61)50-46-42-38-34-30-26-24-28-32-36-40-44-48-52-63-57(62)51-47-43-39-35-31-27-22-18-16-14-12-10-8-6-4-2/h26,30,38,42,54-55,59-60H,3-25,27-29,31-37,39-41,43-53H2,1-2H3,(H,58,61)/b30-26-,42-38-. The molecule has 0 heterocycles. The zero-order valence-electron chi connectivity index (χ0n) is 42.3. The van der Waals surface area contributed by atoms with Crippen LogP contribution in [0, 0.1) is 0 Å². The van der Waals surface area contributed by atoms with Crippen molar-refractivity contribution in [3.8, 4) is 0 Å². The summed E-state index contributed by atoms with van der Waals surface area (Å²) in [7, 11) is 0. The largest absolute Gasteiger partial charge is 0.466 e. The highest BCUT2D eigenvalue weighted by Crippen LogP contribution is 2.17. The Kier molecular flexibility index (Phi) is 51.6. The monoisotopic (exact) mass is 888 g/mol. The molecule has 63 heavy (non-hydrogen) atoms. The summed E-state index contributed by atoms with van der Waals surface area (Å²) in [5.74, 6) is -0.127. The van der Waals surface area contributed by atoms with Crippen LogP contribution in [0.2, 0.25) is 0 Å². The number of amides is 1. The van der Waals surface area contributed by atoms with Crippen molar-refractivity contribution in [3.05, 3.63) is 24.3 Å². The van der Waals surface area contributed by atoms with Gasteiger partial charge in [-0.25, -0.2) is 0 Å². The smallest absolute Gasteiger partial charge is 0.305 e. The van der Waals surface area contributed by atoms with E-state index >= 15 is 0 Å². The molecule has 6 heteroatoms. The quantitative estimate of drug-likeness (QED) is 0.0321.